The zero-order valence-electron chi connectivity index (χ0n) is 9.01. The molecule has 86 valence electrons. The second-order valence-electron chi connectivity index (χ2n) is 3.60. The molecule has 0 aliphatic heterocycles. The molecular formula is C10H14N5O-. The summed E-state index contributed by atoms with van der Waals surface area (Å²) >= 11 is 0. The third-order valence-corrected chi connectivity index (χ3v) is 2.30. The van der Waals surface area contributed by atoms with Crippen LogP contribution in [0.1, 0.15) is 6.92 Å². The van der Waals surface area contributed by atoms with E-state index in [1.165, 1.54) is 6.33 Å². The minimum atomic E-state index is 0.158. The van der Waals surface area contributed by atoms with Crippen LogP contribution in [0.5, 0.6) is 0 Å². The summed E-state index contributed by atoms with van der Waals surface area (Å²) in [5.74, 6) is 0.899. The lowest BCUT2D eigenvalue weighted by Gasteiger charge is -2.19. The summed E-state index contributed by atoms with van der Waals surface area (Å²) in [6.07, 6.45) is 5.05. The summed E-state index contributed by atoms with van der Waals surface area (Å²) in [4.78, 5) is 15.2. The maximum Gasteiger partial charge on any atom is 0.182 e. The van der Waals surface area contributed by atoms with Crippen LogP contribution in [-0.2, 0) is 0 Å². The number of H-pyrrole nitrogens is 1. The van der Waals surface area contributed by atoms with Crippen LogP contribution >= 0.6 is 0 Å². The molecule has 0 fully saturated rings. The normalized spacial score (nSPS) is 12.9. The van der Waals surface area contributed by atoms with E-state index >= 15 is 0 Å². The molecule has 6 nitrogen and oxygen atoms in total. The molecule has 6 heteroatoms. The number of hydrogen-bond acceptors (Lipinski definition) is 5. The third kappa shape index (κ3) is 2.27. The number of rotatable bonds is 5. The lowest BCUT2D eigenvalue weighted by atomic mass is 10.1. The van der Waals surface area contributed by atoms with Crippen LogP contribution in [-0.4, -0.2) is 38.2 Å². The highest BCUT2D eigenvalue weighted by atomic mass is 16.3. The minimum absolute atomic E-state index is 0.158. The molecule has 0 amide bonds. The predicted molar refractivity (Wildman–Crippen MR) is 60.7 cm³/mol. The zero-order chi connectivity index (χ0) is 11.4. The first-order chi connectivity index (χ1) is 7.81. The number of hydrogen-bond donors (Lipinski definition) is 3. The summed E-state index contributed by atoms with van der Waals surface area (Å²) in [6, 6.07) is 0. The van der Waals surface area contributed by atoms with E-state index in [-0.39, 0.29) is 12.5 Å². The van der Waals surface area contributed by atoms with Gasteiger partial charge in [0.05, 0.1) is 6.33 Å². The average Bonchev–Trinajstić information content (AvgIpc) is 2.77. The van der Waals surface area contributed by atoms with Gasteiger partial charge in [-0.15, -0.1) is 12.5 Å². The maximum atomic E-state index is 8.87. The van der Waals surface area contributed by atoms with Crippen molar-refractivity contribution in [1.29, 1.82) is 0 Å². The van der Waals surface area contributed by atoms with E-state index in [0.717, 1.165) is 11.3 Å². The van der Waals surface area contributed by atoms with Crippen LogP contribution in [0.2, 0.25) is 0 Å². The SMILES string of the molecule is CC([CH-]CNc1ncnc2nc[nH]c12)CO. The Hall–Kier alpha value is -1.69. The van der Waals surface area contributed by atoms with Crippen molar-refractivity contribution >= 4 is 17.0 Å². The van der Waals surface area contributed by atoms with Crippen LogP contribution in [0.25, 0.3) is 11.2 Å². The van der Waals surface area contributed by atoms with Gasteiger partial charge in [-0.3, -0.25) is 0 Å². The van der Waals surface area contributed by atoms with E-state index in [0.29, 0.717) is 12.2 Å². The van der Waals surface area contributed by atoms with Crippen molar-refractivity contribution in [3.8, 4) is 0 Å². The first-order valence-corrected chi connectivity index (χ1v) is 5.13. The second-order valence-corrected chi connectivity index (χ2v) is 3.60. The molecule has 2 aromatic heterocycles. The maximum absolute atomic E-state index is 8.87. The van der Waals surface area contributed by atoms with E-state index < -0.39 is 0 Å². The summed E-state index contributed by atoms with van der Waals surface area (Å²) in [7, 11) is 0. The number of anilines is 1. The van der Waals surface area contributed by atoms with Gasteiger partial charge in [0, 0.05) is 6.61 Å². The van der Waals surface area contributed by atoms with Gasteiger partial charge in [-0.25, -0.2) is 15.0 Å². The fourth-order valence-corrected chi connectivity index (χ4v) is 1.33. The fourth-order valence-electron chi connectivity index (χ4n) is 1.33. The third-order valence-electron chi connectivity index (χ3n) is 2.30. The van der Waals surface area contributed by atoms with Crippen molar-refractivity contribution in [3.05, 3.63) is 19.1 Å². The first kappa shape index (κ1) is 10.8. The molecule has 2 rings (SSSR count). The van der Waals surface area contributed by atoms with Gasteiger partial charge in [-0.05, 0) is 0 Å². The Bertz CT molecular complexity index is 455. The van der Waals surface area contributed by atoms with Gasteiger partial charge in [0.25, 0.3) is 0 Å². The highest BCUT2D eigenvalue weighted by molar-refractivity contribution is 5.81. The van der Waals surface area contributed by atoms with Crippen LogP contribution < -0.4 is 5.32 Å². The van der Waals surface area contributed by atoms with Gasteiger partial charge in [0.15, 0.2) is 11.5 Å². The molecule has 1 unspecified atom stereocenters. The number of fused-ring (bicyclic) bond motifs is 1. The lowest BCUT2D eigenvalue weighted by Crippen LogP contribution is -2.11. The van der Waals surface area contributed by atoms with E-state index in [4.69, 9.17) is 5.11 Å². The highest BCUT2D eigenvalue weighted by Crippen LogP contribution is 2.14. The van der Waals surface area contributed by atoms with Crippen molar-refractivity contribution in [2.45, 2.75) is 6.92 Å². The average molecular weight is 220 g/mol. The van der Waals surface area contributed by atoms with Crippen molar-refractivity contribution in [2.24, 2.45) is 5.92 Å². The Morgan fingerprint density at radius 2 is 2.38 bits per heavy atom. The Labute approximate surface area is 93.1 Å². The molecule has 0 aromatic carbocycles. The molecule has 0 aliphatic rings. The van der Waals surface area contributed by atoms with Gasteiger partial charge in [0.2, 0.25) is 0 Å². The number of aromatic nitrogens is 4. The van der Waals surface area contributed by atoms with Gasteiger partial charge >= 0.3 is 0 Å². The summed E-state index contributed by atoms with van der Waals surface area (Å²) in [5, 5.41) is 12.0. The fraction of sp³-hybridized carbons (Fsp3) is 0.400. The summed E-state index contributed by atoms with van der Waals surface area (Å²) < 4.78 is 0. The predicted octanol–water partition coefficient (Wildman–Crippen LogP) is 0.597. The number of aliphatic hydroxyl groups is 1. The minimum Gasteiger partial charge on any atom is -0.399 e. The van der Waals surface area contributed by atoms with Crippen LogP contribution in [0, 0.1) is 12.3 Å². The van der Waals surface area contributed by atoms with Gasteiger partial charge in [-0.2, -0.15) is 0 Å². The molecule has 3 N–H and O–H groups in total. The largest absolute Gasteiger partial charge is 0.399 e. The van der Waals surface area contributed by atoms with Gasteiger partial charge in [0.1, 0.15) is 11.8 Å². The van der Waals surface area contributed by atoms with Crippen molar-refractivity contribution in [2.75, 3.05) is 18.5 Å². The van der Waals surface area contributed by atoms with Crippen molar-refractivity contribution in [3.63, 3.8) is 0 Å². The van der Waals surface area contributed by atoms with Crippen LogP contribution in [0.3, 0.4) is 0 Å². The Balaban J connectivity index is 2.01. The number of aliphatic hydroxyl groups excluding tert-OH is 1. The molecule has 1 atom stereocenters. The van der Waals surface area contributed by atoms with E-state index in [1.54, 1.807) is 6.33 Å². The molecule has 0 aliphatic carbocycles. The molecule has 2 aromatic rings. The van der Waals surface area contributed by atoms with E-state index in [9.17, 15) is 0 Å². The highest BCUT2D eigenvalue weighted by Gasteiger charge is 2.02. The molecule has 0 saturated heterocycles. The van der Waals surface area contributed by atoms with Crippen LogP contribution in [0.15, 0.2) is 12.7 Å². The molecule has 0 radical (unpaired) electrons. The summed E-state index contributed by atoms with van der Waals surface area (Å²) in [6.45, 7) is 2.76. The molecular weight excluding hydrogens is 206 g/mol. The Morgan fingerprint density at radius 3 is 3.19 bits per heavy atom. The lowest BCUT2D eigenvalue weighted by molar-refractivity contribution is 0.254. The molecule has 0 bridgehead atoms. The van der Waals surface area contributed by atoms with E-state index in [2.05, 4.69) is 25.3 Å². The first-order valence-electron chi connectivity index (χ1n) is 5.13. The van der Waals surface area contributed by atoms with E-state index in [1.807, 2.05) is 13.3 Å². The molecule has 16 heavy (non-hydrogen) atoms. The number of nitrogens with one attached hydrogen (secondary N) is 2. The monoisotopic (exact) mass is 220 g/mol. The number of imidazole rings is 1. The van der Waals surface area contributed by atoms with Gasteiger partial charge in [-0.1, -0.05) is 6.92 Å². The Kier molecular flexibility index (Phi) is 3.31. The topological polar surface area (TPSA) is 86.7 Å². The quantitative estimate of drug-likeness (QED) is 0.642. The zero-order valence-corrected chi connectivity index (χ0v) is 9.01. The number of nitrogens with zero attached hydrogens (tertiary/aromatic N) is 3. The van der Waals surface area contributed by atoms with Crippen LogP contribution in [0.4, 0.5) is 5.82 Å². The molecule has 0 spiro atoms. The molecule has 2 heterocycles. The second kappa shape index (κ2) is 4.89. The number of aromatic amines is 1. The van der Waals surface area contributed by atoms with Gasteiger partial charge < -0.3 is 21.8 Å². The van der Waals surface area contributed by atoms with Crippen molar-refractivity contribution < 1.29 is 5.11 Å². The molecule has 0 saturated carbocycles. The Morgan fingerprint density at radius 1 is 1.50 bits per heavy atom. The summed E-state index contributed by atoms with van der Waals surface area (Å²) in [5.41, 5.74) is 1.44. The standard InChI is InChI=1S/C10H14N5O/c1-7(4-16)2-3-11-9-8-10(13-5-12-8)15-6-14-9/h2,5-7,16H,3-4H2,1H3,(H2,11,12,13,14,15)/q-1. The smallest absolute Gasteiger partial charge is 0.182 e. The van der Waals surface area contributed by atoms with Crippen molar-refractivity contribution in [1.82, 2.24) is 19.9 Å².